The smallest absolute Gasteiger partial charge is 0.416 e. The van der Waals surface area contributed by atoms with Crippen LogP contribution < -0.4 is 9.64 Å². The van der Waals surface area contributed by atoms with Crippen molar-refractivity contribution in [1.82, 2.24) is 14.5 Å². The fourth-order valence-electron chi connectivity index (χ4n) is 5.28. The molecular formula is C33H29F3N4O2. The molecule has 2 heterocycles. The highest BCUT2D eigenvalue weighted by Crippen LogP contribution is 2.32. The van der Waals surface area contributed by atoms with Crippen molar-refractivity contribution in [1.29, 1.82) is 0 Å². The van der Waals surface area contributed by atoms with Crippen molar-refractivity contribution in [3.8, 4) is 22.8 Å². The number of hydrogen-bond acceptors (Lipinski definition) is 4. The van der Waals surface area contributed by atoms with Gasteiger partial charge in [-0.25, -0.2) is 4.98 Å². The van der Waals surface area contributed by atoms with Crippen molar-refractivity contribution in [3.05, 3.63) is 108 Å². The number of fused-ring (bicyclic) bond motifs is 1. The molecule has 0 bridgehead atoms. The SMILES string of the molecule is CCOc1cccc(-n2cc(C(=O)N3CCN(c4ccc5ccccc5c4)CC3)nc2-c2ccc(C(F)(F)F)cc2)c1. The second-order valence-electron chi connectivity index (χ2n) is 10.1. The first-order valence-corrected chi connectivity index (χ1v) is 13.8. The minimum Gasteiger partial charge on any atom is -0.494 e. The highest BCUT2D eigenvalue weighted by molar-refractivity contribution is 5.93. The number of imidazole rings is 1. The summed E-state index contributed by atoms with van der Waals surface area (Å²) in [6.07, 6.45) is -2.80. The molecule has 0 saturated carbocycles. The lowest BCUT2D eigenvalue weighted by Gasteiger charge is -2.36. The molecule has 6 rings (SSSR count). The van der Waals surface area contributed by atoms with Gasteiger partial charge in [0.15, 0.2) is 0 Å². The van der Waals surface area contributed by atoms with Gasteiger partial charge in [-0.2, -0.15) is 13.2 Å². The van der Waals surface area contributed by atoms with E-state index in [4.69, 9.17) is 4.74 Å². The maximum absolute atomic E-state index is 13.7. The number of halogens is 3. The summed E-state index contributed by atoms with van der Waals surface area (Å²) < 4.78 is 47.0. The van der Waals surface area contributed by atoms with Crippen molar-refractivity contribution in [2.45, 2.75) is 13.1 Å². The number of hydrogen-bond donors (Lipinski definition) is 0. The van der Waals surface area contributed by atoms with E-state index in [0.29, 0.717) is 55.6 Å². The molecule has 0 atom stereocenters. The van der Waals surface area contributed by atoms with E-state index in [-0.39, 0.29) is 11.6 Å². The van der Waals surface area contributed by atoms with E-state index in [1.165, 1.54) is 22.9 Å². The van der Waals surface area contributed by atoms with Gasteiger partial charge in [0.1, 0.15) is 17.3 Å². The molecule has 214 valence electrons. The molecule has 1 aliphatic rings. The van der Waals surface area contributed by atoms with Gasteiger partial charge in [-0.1, -0.05) is 48.5 Å². The van der Waals surface area contributed by atoms with Crippen LogP contribution in [0.5, 0.6) is 5.75 Å². The Balaban J connectivity index is 1.27. The first-order valence-electron chi connectivity index (χ1n) is 13.8. The monoisotopic (exact) mass is 570 g/mol. The normalized spacial score (nSPS) is 13.9. The van der Waals surface area contributed by atoms with Gasteiger partial charge < -0.3 is 14.5 Å². The minimum absolute atomic E-state index is 0.221. The lowest BCUT2D eigenvalue weighted by molar-refractivity contribution is -0.137. The number of aromatic nitrogens is 2. The van der Waals surface area contributed by atoms with Crippen molar-refractivity contribution < 1.29 is 22.7 Å². The first-order chi connectivity index (χ1) is 20.3. The number of carbonyl (C=O) groups is 1. The van der Waals surface area contributed by atoms with E-state index in [9.17, 15) is 18.0 Å². The maximum Gasteiger partial charge on any atom is 0.416 e. The van der Waals surface area contributed by atoms with Gasteiger partial charge in [0.2, 0.25) is 0 Å². The molecule has 0 unspecified atom stereocenters. The van der Waals surface area contributed by atoms with Crippen molar-refractivity contribution in [3.63, 3.8) is 0 Å². The van der Waals surface area contributed by atoms with Crippen LogP contribution in [0.4, 0.5) is 18.9 Å². The van der Waals surface area contributed by atoms with Crippen LogP contribution in [-0.4, -0.2) is 53.1 Å². The highest BCUT2D eigenvalue weighted by Gasteiger charge is 2.31. The Morgan fingerprint density at radius 3 is 2.29 bits per heavy atom. The molecule has 0 radical (unpaired) electrons. The van der Waals surface area contributed by atoms with E-state index < -0.39 is 11.7 Å². The van der Waals surface area contributed by atoms with E-state index in [2.05, 4.69) is 40.2 Å². The predicted molar refractivity (Wildman–Crippen MR) is 157 cm³/mol. The van der Waals surface area contributed by atoms with Crippen LogP contribution in [0.2, 0.25) is 0 Å². The summed E-state index contributed by atoms with van der Waals surface area (Å²) in [5.41, 5.74) is 1.74. The predicted octanol–water partition coefficient (Wildman–Crippen LogP) is 7.07. The van der Waals surface area contributed by atoms with Crippen LogP contribution in [0, 0.1) is 0 Å². The molecule has 42 heavy (non-hydrogen) atoms. The van der Waals surface area contributed by atoms with E-state index in [0.717, 1.165) is 17.8 Å². The number of alkyl halides is 3. The van der Waals surface area contributed by atoms with Gasteiger partial charge in [-0.15, -0.1) is 0 Å². The molecule has 5 aromatic rings. The maximum atomic E-state index is 13.7. The Labute approximate surface area is 241 Å². The minimum atomic E-state index is -4.45. The largest absolute Gasteiger partial charge is 0.494 e. The van der Waals surface area contributed by atoms with Crippen LogP contribution >= 0.6 is 0 Å². The quantitative estimate of drug-likeness (QED) is 0.219. The van der Waals surface area contributed by atoms with Crippen molar-refractivity contribution >= 4 is 22.4 Å². The van der Waals surface area contributed by atoms with Gasteiger partial charge in [0, 0.05) is 49.7 Å². The third-order valence-corrected chi connectivity index (χ3v) is 7.47. The summed E-state index contributed by atoms with van der Waals surface area (Å²) in [6.45, 7) is 4.75. The number of carbonyl (C=O) groups excluding carboxylic acids is 1. The summed E-state index contributed by atoms with van der Waals surface area (Å²) >= 11 is 0. The first kappa shape index (κ1) is 27.4. The molecule has 0 N–H and O–H groups in total. The summed E-state index contributed by atoms with van der Waals surface area (Å²) in [5.74, 6) is 0.788. The zero-order valence-corrected chi connectivity index (χ0v) is 23.0. The zero-order chi connectivity index (χ0) is 29.3. The topological polar surface area (TPSA) is 50.6 Å². The Kier molecular flexibility index (Phi) is 7.33. The fraction of sp³-hybridized carbons (Fsp3) is 0.212. The van der Waals surface area contributed by atoms with Crippen LogP contribution in [0.3, 0.4) is 0 Å². The number of piperazine rings is 1. The van der Waals surface area contributed by atoms with Crippen molar-refractivity contribution in [2.24, 2.45) is 0 Å². The van der Waals surface area contributed by atoms with E-state index in [1.54, 1.807) is 15.7 Å². The summed E-state index contributed by atoms with van der Waals surface area (Å²) in [6, 6.07) is 26.7. The van der Waals surface area contributed by atoms with Crippen LogP contribution in [0.15, 0.2) is 97.2 Å². The molecule has 6 nitrogen and oxygen atoms in total. The summed E-state index contributed by atoms with van der Waals surface area (Å²) in [7, 11) is 0. The van der Waals surface area contributed by atoms with Crippen molar-refractivity contribution in [2.75, 3.05) is 37.7 Å². The van der Waals surface area contributed by atoms with Gasteiger partial charge in [0.25, 0.3) is 5.91 Å². The average molecular weight is 571 g/mol. The van der Waals surface area contributed by atoms with Crippen LogP contribution in [0.25, 0.3) is 27.8 Å². The standard InChI is InChI=1S/C33H29F3N4O2/c1-2-42-29-9-5-8-28(21-29)40-22-30(37-31(40)24-10-13-26(14-11-24)33(34,35)36)32(41)39-18-16-38(17-19-39)27-15-12-23-6-3-4-7-25(23)20-27/h3-15,20-22H,2,16-19H2,1H3. The van der Waals surface area contributed by atoms with E-state index >= 15 is 0 Å². The summed E-state index contributed by atoms with van der Waals surface area (Å²) in [4.78, 5) is 22.3. The third kappa shape index (κ3) is 5.54. The molecule has 1 saturated heterocycles. The fourth-order valence-corrected chi connectivity index (χ4v) is 5.28. The zero-order valence-electron chi connectivity index (χ0n) is 23.0. The molecule has 0 spiro atoms. The van der Waals surface area contributed by atoms with Gasteiger partial charge in [-0.05, 0) is 54.1 Å². The average Bonchev–Trinajstić information content (AvgIpc) is 3.46. The highest BCUT2D eigenvalue weighted by atomic mass is 19.4. The second-order valence-corrected chi connectivity index (χ2v) is 10.1. The number of benzene rings is 4. The van der Waals surface area contributed by atoms with Crippen LogP contribution in [-0.2, 0) is 6.18 Å². The number of rotatable bonds is 6. The van der Waals surface area contributed by atoms with Crippen LogP contribution in [0.1, 0.15) is 23.0 Å². The number of ether oxygens (including phenoxy) is 1. The van der Waals surface area contributed by atoms with Gasteiger partial charge in [-0.3, -0.25) is 9.36 Å². The molecule has 4 aromatic carbocycles. The number of anilines is 1. The number of nitrogens with zero attached hydrogens (tertiary/aromatic N) is 4. The van der Waals surface area contributed by atoms with Gasteiger partial charge in [0.05, 0.1) is 17.9 Å². The Hall–Kier alpha value is -4.79. The lowest BCUT2D eigenvalue weighted by atomic mass is 10.1. The molecule has 1 amide bonds. The van der Waals surface area contributed by atoms with Gasteiger partial charge >= 0.3 is 6.18 Å². The molecule has 1 fully saturated rings. The Bertz CT molecular complexity index is 1720. The Morgan fingerprint density at radius 2 is 1.57 bits per heavy atom. The third-order valence-electron chi connectivity index (χ3n) is 7.47. The molecule has 9 heteroatoms. The Morgan fingerprint density at radius 1 is 0.833 bits per heavy atom. The molecule has 1 aliphatic heterocycles. The second kappa shape index (κ2) is 11.2. The molecule has 1 aromatic heterocycles. The lowest BCUT2D eigenvalue weighted by Crippen LogP contribution is -2.48. The summed E-state index contributed by atoms with van der Waals surface area (Å²) in [5, 5.41) is 2.35. The number of amides is 1. The van der Waals surface area contributed by atoms with E-state index in [1.807, 2.05) is 43.3 Å². The molecular weight excluding hydrogens is 541 g/mol. The molecule has 0 aliphatic carbocycles.